The summed E-state index contributed by atoms with van der Waals surface area (Å²) in [5, 5.41) is 19.4. The molecule has 5 rings (SSSR count). The summed E-state index contributed by atoms with van der Waals surface area (Å²) in [4.78, 5) is 13.6. The lowest BCUT2D eigenvalue weighted by atomic mass is 10.1. The average molecular weight is 412 g/mol. The monoisotopic (exact) mass is 411 g/mol. The Morgan fingerprint density at radius 1 is 1.10 bits per heavy atom. The van der Waals surface area contributed by atoms with Crippen molar-refractivity contribution in [1.29, 1.82) is 5.26 Å². The van der Waals surface area contributed by atoms with Gasteiger partial charge in [-0.25, -0.2) is 9.97 Å². The predicted octanol–water partition coefficient (Wildman–Crippen LogP) is 4.05. The van der Waals surface area contributed by atoms with Crippen molar-refractivity contribution in [2.24, 2.45) is 5.92 Å². The molecule has 1 atom stereocenters. The summed E-state index contributed by atoms with van der Waals surface area (Å²) in [6, 6.07) is 11.9. The zero-order valence-electron chi connectivity index (χ0n) is 17.3. The number of anilines is 3. The van der Waals surface area contributed by atoms with E-state index in [0.717, 1.165) is 42.4 Å². The van der Waals surface area contributed by atoms with Gasteiger partial charge in [-0.05, 0) is 80.1 Å². The number of nitriles is 1. The van der Waals surface area contributed by atoms with Gasteiger partial charge in [0.15, 0.2) is 0 Å². The zero-order chi connectivity index (χ0) is 21.0. The molecule has 0 radical (unpaired) electrons. The number of nitrogens with zero attached hydrogens (tertiary/aromatic N) is 4. The SMILES string of the molecule is N#Cc1ccnc(Nc2cc(C3CC3)cc(-c3cncc(NC[C@H]4CCNC4)c3)n2)c1. The molecule has 1 aliphatic heterocycles. The number of hydrogen-bond donors (Lipinski definition) is 3. The van der Waals surface area contributed by atoms with Gasteiger partial charge in [-0.1, -0.05) is 0 Å². The molecule has 0 unspecified atom stereocenters. The third kappa shape index (κ3) is 4.81. The van der Waals surface area contributed by atoms with Crippen LogP contribution >= 0.6 is 0 Å². The maximum atomic E-state index is 9.15. The zero-order valence-corrected chi connectivity index (χ0v) is 17.3. The Morgan fingerprint density at radius 2 is 2.03 bits per heavy atom. The third-order valence-corrected chi connectivity index (χ3v) is 5.83. The first kappa shape index (κ1) is 19.5. The lowest BCUT2D eigenvalue weighted by molar-refractivity contribution is 0.615. The highest BCUT2D eigenvalue weighted by Gasteiger charge is 2.25. The van der Waals surface area contributed by atoms with Gasteiger partial charge in [-0.2, -0.15) is 5.26 Å². The molecule has 0 bridgehead atoms. The van der Waals surface area contributed by atoms with Crippen LogP contribution in [0.5, 0.6) is 0 Å². The Morgan fingerprint density at radius 3 is 2.84 bits per heavy atom. The van der Waals surface area contributed by atoms with Gasteiger partial charge in [0, 0.05) is 30.7 Å². The Balaban J connectivity index is 1.40. The number of nitrogens with one attached hydrogen (secondary N) is 3. The van der Waals surface area contributed by atoms with Crippen molar-refractivity contribution in [2.75, 3.05) is 30.3 Å². The highest BCUT2D eigenvalue weighted by atomic mass is 15.1. The van der Waals surface area contributed by atoms with Crippen LogP contribution in [0, 0.1) is 17.2 Å². The number of aromatic nitrogens is 3. The summed E-state index contributed by atoms with van der Waals surface area (Å²) >= 11 is 0. The summed E-state index contributed by atoms with van der Waals surface area (Å²) < 4.78 is 0. The fourth-order valence-electron chi connectivity index (χ4n) is 3.94. The van der Waals surface area contributed by atoms with E-state index in [1.807, 2.05) is 12.4 Å². The molecule has 2 fully saturated rings. The normalized spacial score (nSPS) is 17.8. The van der Waals surface area contributed by atoms with Crippen molar-refractivity contribution < 1.29 is 0 Å². The standard InChI is InChI=1S/C24H25N7/c25-11-16-4-6-28-23(7-16)31-24-10-19(18-1-2-18)9-22(30-24)20-8-21(15-27-14-20)29-13-17-3-5-26-12-17/h4,6-10,14-15,17-18,26,29H,1-3,5,12-13H2,(H,28,30,31)/t17-/m0/s1. The summed E-state index contributed by atoms with van der Waals surface area (Å²) in [6.45, 7) is 3.12. The van der Waals surface area contributed by atoms with Crippen LogP contribution in [0.4, 0.5) is 17.3 Å². The van der Waals surface area contributed by atoms with Crippen molar-refractivity contribution in [3.63, 3.8) is 0 Å². The molecule has 7 heteroatoms. The van der Waals surface area contributed by atoms with Crippen LogP contribution in [0.25, 0.3) is 11.3 Å². The van der Waals surface area contributed by atoms with Crippen LogP contribution in [0.15, 0.2) is 48.9 Å². The summed E-state index contributed by atoms with van der Waals surface area (Å²) in [7, 11) is 0. The fraction of sp³-hybridized carbons (Fsp3) is 0.333. The average Bonchev–Trinajstić information content (AvgIpc) is 3.53. The van der Waals surface area contributed by atoms with Crippen molar-refractivity contribution in [3.05, 3.63) is 60.0 Å². The molecule has 0 amide bonds. The van der Waals surface area contributed by atoms with Gasteiger partial charge in [0.25, 0.3) is 0 Å². The molecule has 0 aromatic carbocycles. The van der Waals surface area contributed by atoms with Crippen LogP contribution in [0.3, 0.4) is 0 Å². The third-order valence-electron chi connectivity index (χ3n) is 5.83. The summed E-state index contributed by atoms with van der Waals surface area (Å²) in [5.74, 6) is 2.60. The van der Waals surface area contributed by atoms with E-state index in [4.69, 9.17) is 10.2 Å². The first-order valence-corrected chi connectivity index (χ1v) is 10.8. The number of pyridine rings is 3. The van der Waals surface area contributed by atoms with E-state index in [1.54, 1.807) is 18.3 Å². The largest absolute Gasteiger partial charge is 0.383 e. The Hall–Kier alpha value is -3.50. The minimum atomic E-state index is 0.566. The van der Waals surface area contributed by atoms with Gasteiger partial charge in [-0.15, -0.1) is 0 Å². The first-order chi connectivity index (χ1) is 15.3. The number of rotatable bonds is 7. The van der Waals surface area contributed by atoms with Gasteiger partial charge in [0.2, 0.25) is 0 Å². The van der Waals surface area contributed by atoms with Crippen LogP contribution in [0.2, 0.25) is 0 Å². The van der Waals surface area contributed by atoms with Crippen LogP contribution in [-0.2, 0) is 0 Å². The maximum absolute atomic E-state index is 9.15. The summed E-state index contributed by atoms with van der Waals surface area (Å²) in [6.07, 6.45) is 8.99. The molecule has 1 saturated heterocycles. The van der Waals surface area contributed by atoms with Crippen molar-refractivity contribution in [3.8, 4) is 17.3 Å². The summed E-state index contributed by atoms with van der Waals surface area (Å²) in [5.41, 5.74) is 4.73. The van der Waals surface area contributed by atoms with Crippen LogP contribution in [-0.4, -0.2) is 34.6 Å². The van der Waals surface area contributed by atoms with E-state index >= 15 is 0 Å². The Labute approximate surface area is 182 Å². The van der Waals surface area contributed by atoms with E-state index in [9.17, 15) is 0 Å². The van der Waals surface area contributed by atoms with Crippen molar-refractivity contribution in [1.82, 2.24) is 20.3 Å². The molecule has 3 aromatic rings. The molecule has 2 aliphatic rings. The van der Waals surface area contributed by atoms with Crippen LogP contribution < -0.4 is 16.0 Å². The van der Waals surface area contributed by atoms with Gasteiger partial charge in [-0.3, -0.25) is 4.98 Å². The maximum Gasteiger partial charge on any atom is 0.132 e. The predicted molar refractivity (Wildman–Crippen MR) is 121 cm³/mol. The Kier molecular flexibility index (Phi) is 5.46. The van der Waals surface area contributed by atoms with Crippen molar-refractivity contribution in [2.45, 2.75) is 25.2 Å². The molecular weight excluding hydrogens is 386 g/mol. The first-order valence-electron chi connectivity index (χ1n) is 10.8. The minimum Gasteiger partial charge on any atom is -0.383 e. The quantitative estimate of drug-likeness (QED) is 0.539. The lowest BCUT2D eigenvalue weighted by Crippen LogP contribution is -2.17. The smallest absolute Gasteiger partial charge is 0.132 e. The van der Waals surface area contributed by atoms with E-state index < -0.39 is 0 Å². The Bertz CT molecular complexity index is 1110. The molecule has 4 heterocycles. The van der Waals surface area contributed by atoms with E-state index in [2.05, 4.69) is 50.2 Å². The molecule has 156 valence electrons. The molecule has 3 aromatic heterocycles. The minimum absolute atomic E-state index is 0.566. The van der Waals surface area contributed by atoms with Crippen molar-refractivity contribution >= 4 is 17.3 Å². The molecule has 31 heavy (non-hydrogen) atoms. The topological polar surface area (TPSA) is 98.5 Å². The highest BCUT2D eigenvalue weighted by Crippen LogP contribution is 2.42. The molecule has 7 nitrogen and oxygen atoms in total. The number of hydrogen-bond acceptors (Lipinski definition) is 7. The van der Waals surface area contributed by atoms with Gasteiger partial charge < -0.3 is 16.0 Å². The second kappa shape index (κ2) is 8.70. The van der Waals surface area contributed by atoms with E-state index in [1.165, 1.54) is 24.8 Å². The van der Waals surface area contributed by atoms with Gasteiger partial charge in [0.1, 0.15) is 11.6 Å². The van der Waals surface area contributed by atoms with E-state index in [-0.39, 0.29) is 0 Å². The lowest BCUT2D eigenvalue weighted by Gasteiger charge is -2.13. The fourth-order valence-corrected chi connectivity index (χ4v) is 3.94. The molecule has 1 saturated carbocycles. The molecular formula is C24H25N7. The second-order valence-electron chi connectivity index (χ2n) is 8.31. The van der Waals surface area contributed by atoms with Gasteiger partial charge in [0.05, 0.1) is 23.0 Å². The van der Waals surface area contributed by atoms with Crippen LogP contribution in [0.1, 0.15) is 36.3 Å². The highest BCUT2D eigenvalue weighted by molar-refractivity contribution is 5.67. The molecule has 3 N–H and O–H groups in total. The van der Waals surface area contributed by atoms with E-state index in [0.29, 0.717) is 23.2 Å². The van der Waals surface area contributed by atoms with Gasteiger partial charge >= 0.3 is 0 Å². The second-order valence-corrected chi connectivity index (χ2v) is 8.31. The molecule has 1 aliphatic carbocycles. The molecule has 0 spiro atoms.